The Labute approximate surface area is 103 Å². The summed E-state index contributed by atoms with van der Waals surface area (Å²) in [6.45, 7) is 1.77. The van der Waals surface area contributed by atoms with Gasteiger partial charge in [0.1, 0.15) is 6.04 Å². The van der Waals surface area contributed by atoms with Crippen molar-refractivity contribution in [2.45, 2.75) is 50.6 Å². The summed E-state index contributed by atoms with van der Waals surface area (Å²) in [5.74, 6) is 0.507. The summed E-state index contributed by atoms with van der Waals surface area (Å²) in [6, 6.07) is 0.482. The van der Waals surface area contributed by atoms with Gasteiger partial charge in [0.15, 0.2) is 0 Å². The number of carbonyl (C=O) groups is 1. The first kappa shape index (κ1) is 12.8. The summed E-state index contributed by atoms with van der Waals surface area (Å²) in [6.07, 6.45) is 6.93. The van der Waals surface area contributed by atoms with Gasteiger partial charge in [-0.1, -0.05) is 12.8 Å². The molecule has 0 radical (unpaired) electrons. The van der Waals surface area contributed by atoms with Gasteiger partial charge in [-0.25, -0.2) is 0 Å². The van der Waals surface area contributed by atoms with E-state index in [2.05, 4.69) is 4.90 Å². The summed E-state index contributed by atoms with van der Waals surface area (Å²) >= 11 is 0. The maximum Gasteiger partial charge on any atom is 0.323 e. The van der Waals surface area contributed by atoms with Crippen LogP contribution in [-0.2, 0) is 9.53 Å². The van der Waals surface area contributed by atoms with Crippen LogP contribution in [0.2, 0.25) is 0 Å². The zero-order valence-electron chi connectivity index (χ0n) is 10.7. The molecular weight excluding hydrogens is 216 g/mol. The van der Waals surface area contributed by atoms with Gasteiger partial charge in [0.05, 0.1) is 7.11 Å². The minimum atomic E-state index is -0.0626. The van der Waals surface area contributed by atoms with E-state index >= 15 is 0 Å². The van der Waals surface area contributed by atoms with E-state index in [9.17, 15) is 4.79 Å². The zero-order valence-corrected chi connectivity index (χ0v) is 10.7. The maximum atomic E-state index is 11.8. The average Bonchev–Trinajstić information content (AvgIpc) is 2.86. The number of rotatable bonds is 3. The number of nitrogens with zero attached hydrogens (tertiary/aromatic N) is 1. The fourth-order valence-corrected chi connectivity index (χ4v) is 3.47. The van der Waals surface area contributed by atoms with E-state index in [0.717, 1.165) is 25.9 Å². The standard InChI is InChI=1S/C13H24N2O2/c1-17-13(16)12-6-2-3-8-15(12)11-7-4-5-10(11)9-14/h10-12H,2-9,14H2,1H3. The number of hydrogen-bond donors (Lipinski definition) is 1. The smallest absolute Gasteiger partial charge is 0.323 e. The third-order valence-corrected chi connectivity index (χ3v) is 4.37. The van der Waals surface area contributed by atoms with Gasteiger partial charge < -0.3 is 10.5 Å². The quantitative estimate of drug-likeness (QED) is 0.752. The third-order valence-electron chi connectivity index (χ3n) is 4.37. The molecule has 3 unspecified atom stereocenters. The first-order chi connectivity index (χ1) is 8.27. The van der Waals surface area contributed by atoms with Crippen molar-refractivity contribution in [1.82, 2.24) is 4.90 Å². The van der Waals surface area contributed by atoms with Gasteiger partial charge in [0.2, 0.25) is 0 Å². The molecule has 17 heavy (non-hydrogen) atoms. The van der Waals surface area contributed by atoms with E-state index < -0.39 is 0 Å². The second kappa shape index (κ2) is 5.83. The van der Waals surface area contributed by atoms with Gasteiger partial charge in [0, 0.05) is 6.04 Å². The van der Waals surface area contributed by atoms with Crippen LogP contribution < -0.4 is 5.73 Å². The molecule has 0 aromatic heterocycles. The van der Waals surface area contributed by atoms with Gasteiger partial charge in [-0.2, -0.15) is 0 Å². The van der Waals surface area contributed by atoms with E-state index in [4.69, 9.17) is 10.5 Å². The minimum Gasteiger partial charge on any atom is -0.468 e. The summed E-state index contributed by atoms with van der Waals surface area (Å²) in [5.41, 5.74) is 5.84. The number of methoxy groups -OCH3 is 1. The first-order valence-corrected chi connectivity index (χ1v) is 6.81. The van der Waals surface area contributed by atoms with Crippen LogP contribution >= 0.6 is 0 Å². The summed E-state index contributed by atoms with van der Waals surface area (Å²) in [5, 5.41) is 0. The molecular formula is C13H24N2O2. The van der Waals surface area contributed by atoms with Crippen LogP contribution in [0.3, 0.4) is 0 Å². The van der Waals surface area contributed by atoms with Gasteiger partial charge >= 0.3 is 5.97 Å². The number of ether oxygens (including phenoxy) is 1. The van der Waals surface area contributed by atoms with Crippen LogP contribution in [-0.4, -0.2) is 43.2 Å². The van der Waals surface area contributed by atoms with Crippen molar-refractivity contribution in [1.29, 1.82) is 0 Å². The molecule has 1 saturated carbocycles. The van der Waals surface area contributed by atoms with Crippen molar-refractivity contribution in [3.8, 4) is 0 Å². The number of nitrogens with two attached hydrogens (primary N) is 1. The predicted molar refractivity (Wildman–Crippen MR) is 66.5 cm³/mol. The van der Waals surface area contributed by atoms with Crippen LogP contribution in [0.1, 0.15) is 38.5 Å². The van der Waals surface area contributed by atoms with Gasteiger partial charge in [0.25, 0.3) is 0 Å². The Morgan fingerprint density at radius 3 is 2.82 bits per heavy atom. The molecule has 4 nitrogen and oxygen atoms in total. The number of likely N-dealkylation sites (tertiary alicyclic amines) is 1. The molecule has 2 N–H and O–H groups in total. The van der Waals surface area contributed by atoms with Crippen molar-refractivity contribution in [2.24, 2.45) is 11.7 Å². The van der Waals surface area contributed by atoms with Crippen LogP contribution in [0.4, 0.5) is 0 Å². The van der Waals surface area contributed by atoms with E-state index in [1.54, 1.807) is 0 Å². The number of hydrogen-bond acceptors (Lipinski definition) is 4. The lowest BCUT2D eigenvalue weighted by atomic mass is 9.95. The fraction of sp³-hybridized carbons (Fsp3) is 0.923. The fourth-order valence-electron chi connectivity index (χ4n) is 3.47. The molecule has 2 aliphatic rings. The van der Waals surface area contributed by atoms with Crippen LogP contribution in [0.5, 0.6) is 0 Å². The Morgan fingerprint density at radius 2 is 2.12 bits per heavy atom. The normalized spacial score (nSPS) is 34.8. The Balaban J connectivity index is 2.07. The molecule has 0 spiro atoms. The van der Waals surface area contributed by atoms with Crippen molar-refractivity contribution in [2.75, 3.05) is 20.2 Å². The first-order valence-electron chi connectivity index (χ1n) is 6.81. The molecule has 2 rings (SSSR count). The summed E-state index contributed by atoms with van der Waals surface area (Å²) in [7, 11) is 1.49. The van der Waals surface area contributed by atoms with E-state index in [1.165, 1.54) is 32.8 Å². The predicted octanol–water partition coefficient (Wildman–Crippen LogP) is 1.14. The Hall–Kier alpha value is -0.610. The highest BCUT2D eigenvalue weighted by Crippen LogP contribution is 2.33. The lowest BCUT2D eigenvalue weighted by Crippen LogP contribution is -2.52. The second-order valence-corrected chi connectivity index (χ2v) is 5.27. The highest BCUT2D eigenvalue weighted by atomic mass is 16.5. The monoisotopic (exact) mass is 240 g/mol. The number of esters is 1. The van der Waals surface area contributed by atoms with Crippen LogP contribution in [0, 0.1) is 5.92 Å². The van der Waals surface area contributed by atoms with Gasteiger partial charge in [-0.05, 0) is 44.7 Å². The molecule has 98 valence electrons. The summed E-state index contributed by atoms with van der Waals surface area (Å²) < 4.78 is 4.94. The van der Waals surface area contributed by atoms with Crippen molar-refractivity contribution in [3.05, 3.63) is 0 Å². The van der Waals surface area contributed by atoms with Gasteiger partial charge in [-0.15, -0.1) is 0 Å². The molecule has 3 atom stereocenters. The number of piperidine rings is 1. The summed E-state index contributed by atoms with van der Waals surface area (Å²) in [4.78, 5) is 14.2. The lowest BCUT2D eigenvalue weighted by molar-refractivity contribution is -0.150. The topological polar surface area (TPSA) is 55.6 Å². The molecule has 1 aliphatic heterocycles. The zero-order chi connectivity index (χ0) is 12.3. The molecule has 0 amide bonds. The maximum absolute atomic E-state index is 11.8. The van der Waals surface area contributed by atoms with Crippen LogP contribution in [0.25, 0.3) is 0 Å². The molecule has 0 aromatic carbocycles. The Morgan fingerprint density at radius 1 is 1.29 bits per heavy atom. The molecule has 0 bridgehead atoms. The van der Waals surface area contributed by atoms with E-state index in [-0.39, 0.29) is 12.0 Å². The Bertz CT molecular complexity index is 270. The minimum absolute atomic E-state index is 0.0223. The van der Waals surface area contributed by atoms with Crippen molar-refractivity contribution >= 4 is 5.97 Å². The number of carbonyl (C=O) groups excluding carboxylic acids is 1. The molecule has 1 saturated heterocycles. The molecule has 1 heterocycles. The lowest BCUT2D eigenvalue weighted by Gasteiger charge is -2.40. The highest BCUT2D eigenvalue weighted by molar-refractivity contribution is 5.75. The second-order valence-electron chi connectivity index (χ2n) is 5.27. The third kappa shape index (κ3) is 2.63. The molecule has 4 heteroatoms. The van der Waals surface area contributed by atoms with Gasteiger partial charge in [-0.3, -0.25) is 9.69 Å². The SMILES string of the molecule is COC(=O)C1CCCCN1C1CCCC1CN. The van der Waals surface area contributed by atoms with E-state index in [0.29, 0.717) is 12.0 Å². The Kier molecular flexibility index (Phi) is 4.40. The highest BCUT2D eigenvalue weighted by Gasteiger charge is 2.39. The van der Waals surface area contributed by atoms with E-state index in [1.807, 2.05) is 0 Å². The average molecular weight is 240 g/mol. The molecule has 2 fully saturated rings. The van der Waals surface area contributed by atoms with Crippen molar-refractivity contribution in [3.63, 3.8) is 0 Å². The molecule has 1 aliphatic carbocycles. The van der Waals surface area contributed by atoms with Crippen LogP contribution in [0.15, 0.2) is 0 Å². The van der Waals surface area contributed by atoms with Crippen molar-refractivity contribution < 1.29 is 9.53 Å². The molecule has 0 aromatic rings. The largest absolute Gasteiger partial charge is 0.468 e.